The van der Waals surface area contributed by atoms with Crippen LogP contribution in [0, 0.1) is 11.7 Å². The summed E-state index contributed by atoms with van der Waals surface area (Å²) in [5, 5.41) is 5.05. The molecule has 3 fully saturated rings. The molecule has 2 saturated heterocycles. The number of fused-ring (bicyclic) bond motifs is 5. The van der Waals surface area contributed by atoms with Crippen molar-refractivity contribution in [2.24, 2.45) is 5.92 Å². The van der Waals surface area contributed by atoms with Gasteiger partial charge in [-0.05, 0) is 56.6 Å². The molecule has 4 aliphatic rings. The van der Waals surface area contributed by atoms with Crippen molar-refractivity contribution in [3.63, 3.8) is 0 Å². The third kappa shape index (κ3) is 3.87. The van der Waals surface area contributed by atoms with Crippen LogP contribution < -0.4 is 4.74 Å². The van der Waals surface area contributed by atoms with E-state index in [4.69, 9.17) is 16.3 Å². The number of halogens is 2. The average Bonchev–Trinajstić information content (AvgIpc) is 3.39. The average molecular weight is 496 g/mol. The summed E-state index contributed by atoms with van der Waals surface area (Å²) < 4.78 is 22.3. The van der Waals surface area contributed by atoms with Gasteiger partial charge < -0.3 is 9.64 Å². The normalized spacial score (nSPS) is 25.9. The maximum Gasteiger partial charge on any atom is 0.258 e. The minimum Gasteiger partial charge on any atom is -0.489 e. The number of hydrogen-bond acceptors (Lipinski definition) is 5. The van der Waals surface area contributed by atoms with E-state index in [1.54, 1.807) is 27.9 Å². The van der Waals surface area contributed by atoms with E-state index in [2.05, 4.69) is 15.0 Å². The number of piperidine rings is 1. The number of rotatable bonds is 5. The van der Waals surface area contributed by atoms with Crippen molar-refractivity contribution in [3.05, 3.63) is 58.3 Å². The topological polar surface area (TPSA) is 63.0 Å². The Labute approximate surface area is 207 Å². The van der Waals surface area contributed by atoms with Gasteiger partial charge in [-0.2, -0.15) is 5.10 Å². The van der Waals surface area contributed by atoms with Crippen molar-refractivity contribution in [2.45, 2.75) is 69.8 Å². The van der Waals surface area contributed by atoms with Crippen LogP contribution in [0.15, 0.2) is 30.6 Å². The fourth-order valence-corrected chi connectivity index (χ4v) is 6.34. The van der Waals surface area contributed by atoms with Crippen LogP contribution in [0.3, 0.4) is 0 Å². The fraction of sp³-hybridized carbons (Fsp3) is 0.500. The molecule has 3 atom stereocenters. The van der Waals surface area contributed by atoms with Crippen LogP contribution in [0.2, 0.25) is 5.02 Å². The predicted octanol–water partition coefficient (Wildman–Crippen LogP) is 4.46. The number of hydrogen-bond donors (Lipinski definition) is 0. The van der Waals surface area contributed by atoms with Crippen molar-refractivity contribution >= 4 is 23.2 Å². The number of nitrogens with zero attached hydrogens (tertiary/aromatic N) is 5. The predicted molar refractivity (Wildman–Crippen MR) is 128 cm³/mol. The molecule has 1 amide bonds. The molecule has 1 aliphatic carbocycles. The lowest BCUT2D eigenvalue weighted by Gasteiger charge is -2.39. The lowest BCUT2D eigenvalue weighted by atomic mass is 9.99. The van der Waals surface area contributed by atoms with Crippen molar-refractivity contribution in [3.8, 4) is 5.75 Å². The van der Waals surface area contributed by atoms with Crippen LogP contribution >= 0.6 is 11.6 Å². The van der Waals surface area contributed by atoms with E-state index in [0.717, 1.165) is 30.0 Å². The Morgan fingerprint density at radius 2 is 1.94 bits per heavy atom. The summed E-state index contributed by atoms with van der Waals surface area (Å²) in [6, 6.07) is 5.32. The van der Waals surface area contributed by atoms with E-state index in [-0.39, 0.29) is 12.0 Å². The molecule has 3 aromatic rings. The number of amides is 1. The van der Waals surface area contributed by atoms with E-state index >= 15 is 0 Å². The quantitative estimate of drug-likeness (QED) is 0.523. The van der Waals surface area contributed by atoms with Gasteiger partial charge in [-0.15, -0.1) is 0 Å². The molecule has 7 nitrogen and oxygen atoms in total. The highest BCUT2D eigenvalue weighted by atomic mass is 35.5. The number of ether oxygens (including phenoxy) is 1. The standard InChI is InChI=1S/C26H27ClFN5O2/c27-16-10-29-25-22-13-31(14-23(22)30-33(25)12-16)26(34)21-6-3-17(28)7-24(21)35-20-8-18-4-5-19(9-20)32(18)11-15-1-2-15/h3,6-7,10,12,15,18-20H,1-2,4-5,8-9,11,13-14H2/t18-,19+,20+. The molecule has 0 N–H and O–H groups in total. The lowest BCUT2D eigenvalue weighted by Crippen LogP contribution is -2.47. The molecule has 0 spiro atoms. The van der Waals surface area contributed by atoms with Gasteiger partial charge in [0.25, 0.3) is 5.91 Å². The summed E-state index contributed by atoms with van der Waals surface area (Å²) in [4.78, 5) is 22.3. The Kier molecular flexibility index (Phi) is 5.03. The summed E-state index contributed by atoms with van der Waals surface area (Å²) in [5.74, 6) is 0.648. The zero-order valence-electron chi connectivity index (χ0n) is 19.4. The number of benzene rings is 1. The molecule has 1 aromatic carbocycles. The van der Waals surface area contributed by atoms with Gasteiger partial charge in [0.05, 0.1) is 35.6 Å². The smallest absolute Gasteiger partial charge is 0.258 e. The Hall–Kier alpha value is -2.71. The molecular weight excluding hydrogens is 469 g/mol. The SMILES string of the molecule is O=C(c1ccc(F)cc1O[C@H]1C[C@H]2CC[C@@H](C1)N2CC1CC1)N1Cc2nn3cc(Cl)cnc3c2C1. The van der Waals surface area contributed by atoms with Gasteiger partial charge in [-0.1, -0.05) is 11.6 Å². The van der Waals surface area contributed by atoms with Crippen molar-refractivity contribution < 1.29 is 13.9 Å². The summed E-state index contributed by atoms with van der Waals surface area (Å²) >= 11 is 6.03. The number of carbonyl (C=O) groups excluding carboxylic acids is 1. The molecule has 5 heterocycles. The molecule has 0 unspecified atom stereocenters. The Morgan fingerprint density at radius 1 is 1.14 bits per heavy atom. The van der Waals surface area contributed by atoms with E-state index in [1.165, 1.54) is 44.4 Å². The minimum absolute atomic E-state index is 0.00485. The van der Waals surface area contributed by atoms with Crippen LogP contribution in [0.4, 0.5) is 4.39 Å². The highest BCUT2D eigenvalue weighted by Gasteiger charge is 2.43. The third-order valence-corrected chi connectivity index (χ3v) is 8.27. The molecule has 2 bridgehead atoms. The van der Waals surface area contributed by atoms with E-state index in [9.17, 15) is 9.18 Å². The first-order valence-electron chi connectivity index (χ1n) is 12.5. The Morgan fingerprint density at radius 3 is 2.71 bits per heavy atom. The molecule has 182 valence electrons. The number of carbonyl (C=O) groups is 1. The second-order valence-electron chi connectivity index (χ2n) is 10.5. The zero-order valence-corrected chi connectivity index (χ0v) is 20.1. The molecule has 0 radical (unpaired) electrons. The van der Waals surface area contributed by atoms with Crippen LogP contribution in [0.25, 0.3) is 5.65 Å². The van der Waals surface area contributed by atoms with Crippen LogP contribution in [-0.2, 0) is 13.1 Å². The first kappa shape index (κ1) is 21.6. The first-order valence-corrected chi connectivity index (χ1v) is 12.9. The second kappa shape index (κ2) is 8.17. The maximum absolute atomic E-state index is 14.2. The molecule has 9 heteroatoms. The highest BCUT2D eigenvalue weighted by Crippen LogP contribution is 2.41. The summed E-state index contributed by atoms with van der Waals surface area (Å²) in [5.41, 5.74) is 2.82. The van der Waals surface area contributed by atoms with Crippen LogP contribution in [0.1, 0.15) is 60.1 Å². The Bertz CT molecular complexity index is 1310. The first-order chi connectivity index (χ1) is 17.0. The Balaban J connectivity index is 1.09. The molecular formula is C26H27ClFN5O2. The monoisotopic (exact) mass is 495 g/mol. The molecule has 1 saturated carbocycles. The molecule has 7 rings (SSSR count). The molecule has 2 aromatic heterocycles. The van der Waals surface area contributed by atoms with E-state index < -0.39 is 5.82 Å². The van der Waals surface area contributed by atoms with E-state index in [0.29, 0.717) is 47.2 Å². The summed E-state index contributed by atoms with van der Waals surface area (Å²) in [7, 11) is 0. The van der Waals surface area contributed by atoms with Crippen LogP contribution in [-0.4, -0.2) is 55.0 Å². The number of aromatic nitrogens is 3. The maximum atomic E-state index is 14.2. The zero-order chi connectivity index (χ0) is 23.7. The summed E-state index contributed by atoms with van der Waals surface area (Å²) in [6.07, 6.45) is 10.3. The van der Waals surface area contributed by atoms with Crippen molar-refractivity contribution in [2.75, 3.05) is 6.54 Å². The van der Waals surface area contributed by atoms with Gasteiger partial charge in [0.2, 0.25) is 0 Å². The van der Waals surface area contributed by atoms with Gasteiger partial charge >= 0.3 is 0 Å². The third-order valence-electron chi connectivity index (χ3n) is 8.07. The fourth-order valence-electron chi connectivity index (χ4n) is 6.20. The largest absolute Gasteiger partial charge is 0.489 e. The lowest BCUT2D eigenvalue weighted by molar-refractivity contribution is 0.0452. The van der Waals surface area contributed by atoms with Gasteiger partial charge in [-0.25, -0.2) is 13.9 Å². The second-order valence-corrected chi connectivity index (χ2v) is 10.9. The van der Waals surface area contributed by atoms with Gasteiger partial charge in [-0.3, -0.25) is 9.69 Å². The summed E-state index contributed by atoms with van der Waals surface area (Å²) in [6.45, 7) is 1.98. The molecule has 3 aliphatic heterocycles. The van der Waals surface area contributed by atoms with Crippen molar-refractivity contribution in [1.29, 1.82) is 0 Å². The van der Waals surface area contributed by atoms with Crippen molar-refractivity contribution in [1.82, 2.24) is 24.4 Å². The molecule has 35 heavy (non-hydrogen) atoms. The van der Waals surface area contributed by atoms with Gasteiger partial charge in [0.1, 0.15) is 17.7 Å². The minimum atomic E-state index is -0.394. The van der Waals surface area contributed by atoms with Gasteiger partial charge in [0, 0.05) is 36.5 Å². The van der Waals surface area contributed by atoms with Crippen LogP contribution in [0.5, 0.6) is 5.75 Å². The highest BCUT2D eigenvalue weighted by molar-refractivity contribution is 6.30. The van der Waals surface area contributed by atoms with Gasteiger partial charge in [0.15, 0.2) is 5.65 Å². The van der Waals surface area contributed by atoms with E-state index in [1.807, 2.05) is 0 Å².